The van der Waals surface area contributed by atoms with Crippen molar-refractivity contribution in [1.82, 2.24) is 14.8 Å². The maximum absolute atomic E-state index is 5.65. The van der Waals surface area contributed by atoms with E-state index in [0.717, 1.165) is 29.0 Å². The smallest absolute Gasteiger partial charge is 0.191 e. The van der Waals surface area contributed by atoms with Gasteiger partial charge in [-0.2, -0.15) is 0 Å². The van der Waals surface area contributed by atoms with Crippen LogP contribution in [0, 0.1) is 6.92 Å². The minimum atomic E-state index is 0.601. The summed E-state index contributed by atoms with van der Waals surface area (Å²) in [6, 6.07) is 8.70. The molecule has 0 spiro atoms. The Morgan fingerprint density at radius 1 is 1.40 bits per heavy atom. The largest absolute Gasteiger partial charge is 0.329 e. The van der Waals surface area contributed by atoms with Crippen molar-refractivity contribution in [1.29, 1.82) is 0 Å². The molecule has 1 aliphatic heterocycles. The van der Waals surface area contributed by atoms with Crippen LogP contribution >= 0.6 is 23.5 Å². The SMILES string of the molecule is Cc1nnc(SCC2CSc3ccccc32)n1CCN. The maximum Gasteiger partial charge on any atom is 0.191 e. The predicted octanol–water partition coefficient (Wildman–Crippen LogP) is 2.53. The molecule has 2 N–H and O–H groups in total. The molecule has 1 aromatic heterocycles. The zero-order valence-electron chi connectivity index (χ0n) is 11.5. The predicted molar refractivity (Wildman–Crippen MR) is 84.4 cm³/mol. The highest BCUT2D eigenvalue weighted by Gasteiger charge is 2.23. The Morgan fingerprint density at radius 3 is 3.10 bits per heavy atom. The van der Waals surface area contributed by atoms with Crippen molar-refractivity contribution < 1.29 is 0 Å². The molecule has 0 saturated carbocycles. The Balaban J connectivity index is 1.69. The van der Waals surface area contributed by atoms with Gasteiger partial charge in [-0.1, -0.05) is 30.0 Å². The van der Waals surface area contributed by atoms with Gasteiger partial charge in [-0.25, -0.2) is 0 Å². The summed E-state index contributed by atoms with van der Waals surface area (Å²) in [5.74, 6) is 3.76. The fraction of sp³-hybridized carbons (Fsp3) is 0.429. The lowest BCUT2D eigenvalue weighted by Crippen LogP contribution is -2.12. The van der Waals surface area contributed by atoms with Crippen molar-refractivity contribution in [3.63, 3.8) is 0 Å². The van der Waals surface area contributed by atoms with Crippen LogP contribution in [0.1, 0.15) is 17.3 Å². The van der Waals surface area contributed by atoms with Crippen molar-refractivity contribution in [3.05, 3.63) is 35.7 Å². The number of aromatic nitrogens is 3. The summed E-state index contributed by atoms with van der Waals surface area (Å²) in [6.45, 7) is 3.39. The molecule has 0 aliphatic carbocycles. The third-order valence-electron chi connectivity index (χ3n) is 3.47. The Kier molecular flexibility index (Phi) is 4.33. The number of benzene rings is 1. The van der Waals surface area contributed by atoms with E-state index in [1.165, 1.54) is 10.5 Å². The molecule has 0 fully saturated rings. The zero-order chi connectivity index (χ0) is 13.9. The van der Waals surface area contributed by atoms with Crippen LogP contribution in [0.5, 0.6) is 0 Å². The summed E-state index contributed by atoms with van der Waals surface area (Å²) >= 11 is 3.74. The molecule has 1 aromatic carbocycles. The van der Waals surface area contributed by atoms with Gasteiger partial charge in [-0.15, -0.1) is 22.0 Å². The summed E-state index contributed by atoms with van der Waals surface area (Å²) < 4.78 is 2.11. The number of thioether (sulfide) groups is 2. The van der Waals surface area contributed by atoms with Gasteiger partial charge in [0, 0.05) is 35.4 Å². The molecule has 106 valence electrons. The Labute approximate surface area is 127 Å². The average Bonchev–Trinajstić information content (AvgIpc) is 3.03. The summed E-state index contributed by atoms with van der Waals surface area (Å²) in [5, 5.41) is 9.41. The van der Waals surface area contributed by atoms with E-state index in [1.54, 1.807) is 11.8 Å². The third kappa shape index (κ3) is 2.73. The van der Waals surface area contributed by atoms with Crippen LogP contribution in [0.4, 0.5) is 0 Å². The van der Waals surface area contributed by atoms with Gasteiger partial charge in [0.05, 0.1) is 0 Å². The first-order chi connectivity index (χ1) is 9.79. The normalized spacial score (nSPS) is 17.4. The zero-order valence-corrected chi connectivity index (χ0v) is 13.1. The molecule has 20 heavy (non-hydrogen) atoms. The van der Waals surface area contributed by atoms with Gasteiger partial charge in [-0.05, 0) is 18.6 Å². The molecule has 0 saturated heterocycles. The van der Waals surface area contributed by atoms with E-state index in [1.807, 2.05) is 18.7 Å². The molecule has 0 radical (unpaired) electrons. The molecule has 2 heterocycles. The number of nitrogens with zero attached hydrogens (tertiary/aromatic N) is 3. The molecule has 0 bridgehead atoms. The minimum absolute atomic E-state index is 0.601. The summed E-state index contributed by atoms with van der Waals surface area (Å²) in [5.41, 5.74) is 7.13. The number of nitrogens with two attached hydrogens (primary N) is 1. The second-order valence-electron chi connectivity index (χ2n) is 4.83. The fourth-order valence-electron chi connectivity index (χ4n) is 2.40. The Hall–Kier alpha value is -0.980. The van der Waals surface area contributed by atoms with Crippen LogP contribution in [0.3, 0.4) is 0 Å². The minimum Gasteiger partial charge on any atom is -0.329 e. The van der Waals surface area contributed by atoms with Crippen molar-refractivity contribution in [2.45, 2.75) is 29.4 Å². The average molecular weight is 306 g/mol. The molecule has 4 nitrogen and oxygen atoms in total. The first-order valence-corrected chi connectivity index (χ1v) is 8.71. The van der Waals surface area contributed by atoms with Crippen LogP contribution in [0.2, 0.25) is 0 Å². The second-order valence-corrected chi connectivity index (χ2v) is 6.88. The molecule has 1 unspecified atom stereocenters. The van der Waals surface area contributed by atoms with Crippen LogP contribution in [0.25, 0.3) is 0 Å². The lowest BCUT2D eigenvalue weighted by Gasteiger charge is -2.11. The topological polar surface area (TPSA) is 56.7 Å². The monoisotopic (exact) mass is 306 g/mol. The van der Waals surface area contributed by atoms with E-state index >= 15 is 0 Å². The van der Waals surface area contributed by atoms with E-state index in [2.05, 4.69) is 39.0 Å². The van der Waals surface area contributed by atoms with E-state index in [-0.39, 0.29) is 0 Å². The standard InChI is InChI=1S/C14H18N4S2/c1-10-16-17-14(18(10)7-6-15)20-9-11-8-19-13-5-3-2-4-12(11)13/h2-5,11H,6-9,15H2,1H3. The fourth-order valence-corrected chi connectivity index (χ4v) is 4.93. The first-order valence-electron chi connectivity index (χ1n) is 6.74. The molecule has 1 aliphatic rings. The lowest BCUT2D eigenvalue weighted by molar-refractivity contribution is 0.627. The van der Waals surface area contributed by atoms with Crippen LogP contribution < -0.4 is 5.73 Å². The molecular weight excluding hydrogens is 288 g/mol. The second kappa shape index (κ2) is 6.20. The first kappa shape index (κ1) is 14.0. The molecule has 6 heteroatoms. The maximum atomic E-state index is 5.65. The number of hydrogen-bond acceptors (Lipinski definition) is 5. The summed E-state index contributed by atoms with van der Waals surface area (Å²) in [4.78, 5) is 1.43. The number of hydrogen-bond donors (Lipinski definition) is 1. The van der Waals surface area contributed by atoms with E-state index < -0.39 is 0 Å². The van der Waals surface area contributed by atoms with Crippen molar-refractivity contribution in [3.8, 4) is 0 Å². The number of aryl methyl sites for hydroxylation is 1. The van der Waals surface area contributed by atoms with Crippen LogP contribution in [0.15, 0.2) is 34.3 Å². The number of fused-ring (bicyclic) bond motifs is 1. The van der Waals surface area contributed by atoms with Gasteiger partial charge in [0.1, 0.15) is 5.82 Å². The van der Waals surface area contributed by atoms with Gasteiger partial charge in [0.2, 0.25) is 0 Å². The highest BCUT2D eigenvalue weighted by molar-refractivity contribution is 8.00. The van der Waals surface area contributed by atoms with Crippen molar-refractivity contribution in [2.75, 3.05) is 18.1 Å². The quantitative estimate of drug-likeness (QED) is 0.860. The summed E-state index contributed by atoms with van der Waals surface area (Å²) in [7, 11) is 0. The van der Waals surface area contributed by atoms with Gasteiger partial charge in [0.25, 0.3) is 0 Å². The highest BCUT2D eigenvalue weighted by atomic mass is 32.2. The molecule has 3 rings (SSSR count). The van der Waals surface area contributed by atoms with Crippen LogP contribution in [-0.2, 0) is 6.54 Å². The van der Waals surface area contributed by atoms with Gasteiger partial charge in [-0.3, -0.25) is 0 Å². The molecule has 2 aromatic rings. The number of rotatable bonds is 5. The van der Waals surface area contributed by atoms with Gasteiger partial charge >= 0.3 is 0 Å². The lowest BCUT2D eigenvalue weighted by atomic mass is 10.0. The Morgan fingerprint density at radius 2 is 2.25 bits per heavy atom. The molecule has 1 atom stereocenters. The van der Waals surface area contributed by atoms with Crippen molar-refractivity contribution >= 4 is 23.5 Å². The van der Waals surface area contributed by atoms with Crippen molar-refractivity contribution in [2.24, 2.45) is 5.73 Å². The summed E-state index contributed by atoms with van der Waals surface area (Å²) in [6.07, 6.45) is 0. The van der Waals surface area contributed by atoms with Gasteiger partial charge < -0.3 is 10.3 Å². The van der Waals surface area contributed by atoms with Gasteiger partial charge in [0.15, 0.2) is 5.16 Å². The third-order valence-corrected chi connectivity index (χ3v) is 5.85. The highest BCUT2D eigenvalue weighted by Crippen LogP contribution is 2.41. The van der Waals surface area contributed by atoms with Crippen LogP contribution in [-0.4, -0.2) is 32.8 Å². The molecular formula is C14H18N4S2. The Bertz CT molecular complexity index is 597. The van der Waals surface area contributed by atoms with E-state index in [4.69, 9.17) is 5.73 Å². The van der Waals surface area contributed by atoms with E-state index in [0.29, 0.717) is 12.5 Å². The molecule has 0 amide bonds. The van der Waals surface area contributed by atoms with E-state index in [9.17, 15) is 0 Å².